The Balaban J connectivity index is 3.44. The maximum absolute atomic E-state index is 12.4. The summed E-state index contributed by atoms with van der Waals surface area (Å²) in [5.74, 6) is 0. The molecule has 16 heavy (non-hydrogen) atoms. The van der Waals surface area contributed by atoms with Crippen LogP contribution in [0.25, 0.3) is 0 Å². The average Bonchev–Trinajstić information content (AvgIpc) is 2.15. The second kappa shape index (κ2) is 4.60. The topological polar surface area (TPSA) is 30.0 Å². The lowest BCUT2D eigenvalue weighted by atomic mass is 10.2. The number of hydrogen-bond acceptors (Lipinski definition) is 2. The van der Waals surface area contributed by atoms with Crippen molar-refractivity contribution in [3.63, 3.8) is 0 Å². The van der Waals surface area contributed by atoms with Gasteiger partial charge in [-0.15, -0.1) is 0 Å². The molecule has 0 bridgehead atoms. The molecule has 0 saturated carbocycles. The monoisotopic (exact) mass is 351 g/mol. The predicted molar refractivity (Wildman–Crippen MR) is 52.3 cm³/mol. The minimum atomic E-state index is -4.79. The number of hydrogen-bond donors (Lipinski definition) is 0. The summed E-state index contributed by atoms with van der Waals surface area (Å²) in [6.45, 7) is 0. The van der Waals surface area contributed by atoms with Gasteiger partial charge in [-0.2, -0.15) is 13.2 Å². The van der Waals surface area contributed by atoms with Crippen molar-refractivity contribution in [2.24, 2.45) is 0 Å². The lowest BCUT2D eigenvalue weighted by Gasteiger charge is -2.11. The minimum absolute atomic E-state index is 0.190. The highest BCUT2D eigenvalue weighted by Gasteiger charge is 2.35. The molecule has 0 unspecified atom stereocenters. The molecule has 1 heterocycles. The van der Waals surface area contributed by atoms with Crippen LogP contribution in [0.1, 0.15) is 28.2 Å². The van der Waals surface area contributed by atoms with E-state index in [1.54, 1.807) is 0 Å². The number of pyridine rings is 1. The largest absolute Gasteiger partial charge is 0.418 e. The zero-order chi connectivity index (χ0) is 12.5. The van der Waals surface area contributed by atoms with E-state index >= 15 is 0 Å². The molecule has 0 fully saturated rings. The molecule has 0 atom stereocenters. The summed E-state index contributed by atoms with van der Waals surface area (Å²) in [7, 11) is 0. The van der Waals surface area contributed by atoms with Crippen LogP contribution in [0.5, 0.6) is 0 Å². The lowest BCUT2D eigenvalue weighted by molar-refractivity contribution is -0.138. The van der Waals surface area contributed by atoms with Crippen molar-refractivity contribution in [1.82, 2.24) is 4.98 Å². The van der Waals surface area contributed by atoms with Crippen molar-refractivity contribution >= 4 is 28.9 Å². The number of carbonyl (C=O) groups excluding carboxylic acids is 1. The molecule has 2 nitrogen and oxygen atoms in total. The van der Waals surface area contributed by atoms with Crippen molar-refractivity contribution in [3.05, 3.63) is 26.6 Å². The van der Waals surface area contributed by atoms with E-state index in [0.29, 0.717) is 6.07 Å². The minimum Gasteiger partial charge on any atom is -0.296 e. The molecule has 0 amide bonds. The van der Waals surface area contributed by atoms with E-state index in [9.17, 15) is 26.7 Å². The highest BCUT2D eigenvalue weighted by molar-refractivity contribution is 14.1. The molecule has 1 aromatic heterocycles. The fourth-order valence-electron chi connectivity index (χ4n) is 0.988. The van der Waals surface area contributed by atoms with E-state index < -0.39 is 29.6 Å². The third-order valence-electron chi connectivity index (χ3n) is 1.66. The van der Waals surface area contributed by atoms with E-state index in [0.717, 1.165) is 0 Å². The van der Waals surface area contributed by atoms with Crippen LogP contribution in [0.3, 0.4) is 0 Å². The molecular weight excluding hydrogens is 348 g/mol. The summed E-state index contributed by atoms with van der Waals surface area (Å²) in [6.07, 6.45) is -8.00. The Morgan fingerprint density at radius 2 is 1.94 bits per heavy atom. The first-order valence-corrected chi connectivity index (χ1v) is 4.86. The smallest absolute Gasteiger partial charge is 0.296 e. The van der Waals surface area contributed by atoms with E-state index in [2.05, 4.69) is 4.98 Å². The third-order valence-corrected chi connectivity index (χ3v) is 2.52. The zero-order valence-electron chi connectivity index (χ0n) is 7.36. The number of aromatic nitrogens is 1. The van der Waals surface area contributed by atoms with Gasteiger partial charge in [0.25, 0.3) is 6.43 Å². The van der Waals surface area contributed by atoms with Crippen molar-refractivity contribution in [3.8, 4) is 0 Å². The quantitative estimate of drug-likeness (QED) is 0.464. The molecule has 0 aliphatic carbocycles. The first-order valence-electron chi connectivity index (χ1n) is 3.78. The van der Waals surface area contributed by atoms with Crippen LogP contribution in [0.15, 0.2) is 6.07 Å². The van der Waals surface area contributed by atoms with E-state index in [-0.39, 0.29) is 9.86 Å². The second-order valence-electron chi connectivity index (χ2n) is 2.70. The van der Waals surface area contributed by atoms with Gasteiger partial charge < -0.3 is 0 Å². The van der Waals surface area contributed by atoms with Gasteiger partial charge in [-0.05, 0) is 28.7 Å². The Bertz CT molecular complexity index is 418. The van der Waals surface area contributed by atoms with Gasteiger partial charge in [-0.1, -0.05) is 0 Å². The number of halogens is 6. The number of aldehydes is 1. The van der Waals surface area contributed by atoms with Gasteiger partial charge in [-0.3, -0.25) is 4.79 Å². The Hall–Kier alpha value is -0.800. The van der Waals surface area contributed by atoms with Crippen LogP contribution in [-0.2, 0) is 6.18 Å². The summed E-state index contributed by atoms with van der Waals surface area (Å²) in [4.78, 5) is 13.4. The second-order valence-corrected chi connectivity index (χ2v) is 3.87. The van der Waals surface area contributed by atoms with E-state index in [4.69, 9.17) is 0 Å². The molecule has 0 aromatic carbocycles. The summed E-state index contributed by atoms with van der Waals surface area (Å²) >= 11 is 1.32. The normalized spacial score (nSPS) is 11.9. The highest BCUT2D eigenvalue weighted by Crippen LogP contribution is 2.34. The van der Waals surface area contributed by atoms with Gasteiger partial charge in [0.05, 0.1) is 5.56 Å². The molecule has 1 aromatic rings. The van der Waals surface area contributed by atoms with Crippen LogP contribution in [-0.4, -0.2) is 11.3 Å². The number of carbonyl (C=O) groups is 1. The molecule has 0 aliphatic rings. The summed E-state index contributed by atoms with van der Waals surface area (Å²) in [5, 5.41) is 0. The van der Waals surface area contributed by atoms with Gasteiger partial charge >= 0.3 is 6.18 Å². The van der Waals surface area contributed by atoms with Crippen molar-refractivity contribution in [2.75, 3.05) is 0 Å². The molecule has 0 N–H and O–H groups in total. The van der Waals surface area contributed by atoms with Crippen LogP contribution >= 0.6 is 22.6 Å². The first kappa shape index (κ1) is 13.3. The predicted octanol–water partition coefficient (Wildman–Crippen LogP) is 3.46. The summed E-state index contributed by atoms with van der Waals surface area (Å²) < 4.78 is 61.4. The van der Waals surface area contributed by atoms with Crippen molar-refractivity contribution in [2.45, 2.75) is 12.6 Å². The maximum atomic E-state index is 12.4. The molecule has 0 saturated heterocycles. The molecule has 1 rings (SSSR count). The average molecular weight is 351 g/mol. The molecule has 0 aliphatic heterocycles. The van der Waals surface area contributed by atoms with Gasteiger partial charge in [0.1, 0.15) is 11.4 Å². The van der Waals surface area contributed by atoms with E-state index in [1.165, 1.54) is 22.6 Å². The first-order chi connectivity index (χ1) is 7.27. The fourth-order valence-corrected chi connectivity index (χ4v) is 1.66. The van der Waals surface area contributed by atoms with Crippen molar-refractivity contribution < 1.29 is 26.7 Å². The van der Waals surface area contributed by atoms with Crippen molar-refractivity contribution in [1.29, 1.82) is 0 Å². The zero-order valence-corrected chi connectivity index (χ0v) is 9.51. The Labute approximate surface area is 100.0 Å². The Kier molecular flexibility index (Phi) is 3.81. The number of rotatable bonds is 2. The third kappa shape index (κ3) is 2.66. The standard InChI is InChI=1S/C8H3F5INO/c9-7(10)6-4(14)1-3(8(11,12)13)5(2-16)15-6/h1-2,7H. The SMILES string of the molecule is O=Cc1nc(C(F)F)c(I)cc1C(F)(F)F. The van der Waals surface area contributed by atoms with Crippen LogP contribution in [0.2, 0.25) is 0 Å². The molecule has 88 valence electrons. The molecule has 8 heteroatoms. The van der Waals surface area contributed by atoms with Crippen LogP contribution in [0, 0.1) is 3.57 Å². The molecule has 0 radical (unpaired) electrons. The number of nitrogens with zero attached hydrogens (tertiary/aromatic N) is 1. The highest BCUT2D eigenvalue weighted by atomic mass is 127. The fraction of sp³-hybridized carbons (Fsp3) is 0.250. The van der Waals surface area contributed by atoms with Gasteiger partial charge in [0.15, 0.2) is 6.29 Å². The molecule has 0 spiro atoms. The maximum Gasteiger partial charge on any atom is 0.418 e. The lowest BCUT2D eigenvalue weighted by Crippen LogP contribution is -2.13. The van der Waals surface area contributed by atoms with Crippen LogP contribution in [0.4, 0.5) is 22.0 Å². The summed E-state index contributed by atoms with van der Waals surface area (Å²) in [6, 6.07) is 0.485. The van der Waals surface area contributed by atoms with Gasteiger partial charge in [0, 0.05) is 3.57 Å². The Morgan fingerprint density at radius 3 is 2.31 bits per heavy atom. The molecular formula is C8H3F5INO. The van der Waals surface area contributed by atoms with Gasteiger partial charge in [0.2, 0.25) is 0 Å². The summed E-state index contributed by atoms with van der Waals surface area (Å²) in [5.41, 5.74) is -3.16. The van der Waals surface area contributed by atoms with E-state index in [1.807, 2.05) is 0 Å². The van der Waals surface area contributed by atoms with Gasteiger partial charge in [-0.25, -0.2) is 13.8 Å². The van der Waals surface area contributed by atoms with Crippen LogP contribution < -0.4 is 0 Å². The number of alkyl halides is 5. The Morgan fingerprint density at radius 1 is 1.38 bits per heavy atom.